The molecule has 1 aromatic rings. The van der Waals surface area contributed by atoms with Gasteiger partial charge in [-0.3, -0.25) is 0 Å². The zero-order valence-corrected chi connectivity index (χ0v) is 8.95. The Morgan fingerprint density at radius 1 is 1.31 bits per heavy atom. The third kappa shape index (κ3) is 3.98. The van der Waals surface area contributed by atoms with E-state index in [4.69, 9.17) is 17.3 Å². The van der Waals surface area contributed by atoms with Gasteiger partial charge in [-0.15, -0.1) is 0 Å². The fraction of sp³-hybridized carbons (Fsp3) is 0.400. The van der Waals surface area contributed by atoms with Gasteiger partial charge in [-0.1, -0.05) is 17.7 Å². The van der Waals surface area contributed by atoms with Crippen LogP contribution >= 0.6 is 11.6 Å². The number of halogens is 5. The predicted molar refractivity (Wildman–Crippen MR) is 53.6 cm³/mol. The molecule has 1 unspecified atom stereocenters. The lowest BCUT2D eigenvalue weighted by Gasteiger charge is -2.13. The summed E-state index contributed by atoms with van der Waals surface area (Å²) < 4.78 is 48.6. The average Bonchev–Trinajstić information content (AvgIpc) is 2.17. The normalized spacial score (nSPS) is 13.9. The summed E-state index contributed by atoms with van der Waals surface area (Å²) in [6.45, 7) is 0. The molecule has 1 rings (SSSR count). The third-order valence-corrected chi connectivity index (χ3v) is 2.40. The van der Waals surface area contributed by atoms with Gasteiger partial charge in [-0.2, -0.15) is 13.2 Å². The molecule has 0 aliphatic carbocycles. The summed E-state index contributed by atoms with van der Waals surface area (Å²) in [5, 5.41) is -0.139. The number of alkyl halides is 3. The number of rotatable bonds is 3. The topological polar surface area (TPSA) is 26.0 Å². The predicted octanol–water partition coefficient (Wildman–Crippen LogP) is 3.82. The van der Waals surface area contributed by atoms with E-state index in [9.17, 15) is 17.6 Å². The van der Waals surface area contributed by atoms with Crippen molar-refractivity contribution in [3.63, 3.8) is 0 Å². The Morgan fingerprint density at radius 2 is 1.94 bits per heavy atom. The molecule has 1 aromatic carbocycles. The molecule has 0 bridgehead atoms. The van der Waals surface area contributed by atoms with Crippen molar-refractivity contribution < 1.29 is 17.6 Å². The monoisotopic (exact) mass is 255 g/mol. The van der Waals surface area contributed by atoms with Crippen LogP contribution in [-0.2, 0) is 0 Å². The van der Waals surface area contributed by atoms with Crippen molar-refractivity contribution in [2.24, 2.45) is 5.73 Å². The van der Waals surface area contributed by atoms with Crippen molar-refractivity contribution >= 4 is 11.6 Å². The Morgan fingerprint density at radius 3 is 2.44 bits per heavy atom. The number of hydrogen-bond donors (Lipinski definition) is 1. The SMILES string of the molecule is NC(CCC(F)(F)F)c1ccc(F)c(Cl)c1. The van der Waals surface area contributed by atoms with E-state index in [-0.39, 0.29) is 11.4 Å². The summed E-state index contributed by atoms with van der Waals surface area (Å²) in [7, 11) is 0. The van der Waals surface area contributed by atoms with Crippen LogP contribution in [0.3, 0.4) is 0 Å². The Hall–Kier alpha value is -0.810. The highest BCUT2D eigenvalue weighted by atomic mass is 35.5. The van der Waals surface area contributed by atoms with Gasteiger partial charge in [0, 0.05) is 12.5 Å². The van der Waals surface area contributed by atoms with Crippen molar-refractivity contribution in [2.45, 2.75) is 25.1 Å². The summed E-state index contributed by atoms with van der Waals surface area (Å²) in [4.78, 5) is 0. The van der Waals surface area contributed by atoms with Crippen LogP contribution < -0.4 is 5.73 Å². The van der Waals surface area contributed by atoms with Crippen LogP contribution in [0.4, 0.5) is 17.6 Å². The molecule has 16 heavy (non-hydrogen) atoms. The maximum Gasteiger partial charge on any atom is 0.389 e. The van der Waals surface area contributed by atoms with Gasteiger partial charge in [0.25, 0.3) is 0 Å². The fourth-order valence-electron chi connectivity index (χ4n) is 1.23. The molecule has 0 saturated heterocycles. The molecule has 0 fully saturated rings. The molecule has 0 radical (unpaired) electrons. The Balaban J connectivity index is 2.66. The molecule has 0 aliphatic heterocycles. The van der Waals surface area contributed by atoms with Crippen LogP contribution in [0, 0.1) is 5.82 Å². The maximum absolute atomic E-state index is 12.8. The molecule has 1 nitrogen and oxygen atoms in total. The van der Waals surface area contributed by atoms with Gasteiger partial charge >= 0.3 is 6.18 Å². The average molecular weight is 256 g/mol. The van der Waals surface area contributed by atoms with E-state index in [2.05, 4.69) is 0 Å². The van der Waals surface area contributed by atoms with Crippen molar-refractivity contribution in [2.75, 3.05) is 0 Å². The Bertz CT molecular complexity index is 364. The Kier molecular flexibility index (Phi) is 4.15. The minimum absolute atomic E-state index is 0.139. The molecule has 0 heterocycles. The van der Waals surface area contributed by atoms with Gasteiger partial charge < -0.3 is 5.73 Å². The van der Waals surface area contributed by atoms with Gasteiger partial charge in [0.2, 0.25) is 0 Å². The third-order valence-electron chi connectivity index (χ3n) is 2.11. The van der Waals surface area contributed by atoms with E-state index in [1.54, 1.807) is 0 Å². The first kappa shape index (κ1) is 13.3. The lowest BCUT2D eigenvalue weighted by Crippen LogP contribution is -2.15. The zero-order chi connectivity index (χ0) is 12.3. The molecular formula is C10H10ClF4N. The smallest absolute Gasteiger partial charge is 0.324 e. The van der Waals surface area contributed by atoms with Gasteiger partial charge in [-0.05, 0) is 24.1 Å². The lowest BCUT2D eigenvalue weighted by molar-refractivity contribution is -0.136. The first-order valence-corrected chi connectivity index (χ1v) is 4.94. The molecule has 90 valence electrons. The largest absolute Gasteiger partial charge is 0.389 e. The van der Waals surface area contributed by atoms with Crippen LogP contribution in [-0.4, -0.2) is 6.18 Å². The number of nitrogens with two attached hydrogens (primary N) is 1. The van der Waals surface area contributed by atoms with E-state index in [0.29, 0.717) is 5.56 Å². The molecule has 0 aromatic heterocycles. The molecule has 6 heteroatoms. The van der Waals surface area contributed by atoms with E-state index in [1.807, 2.05) is 0 Å². The maximum atomic E-state index is 12.8. The summed E-state index contributed by atoms with van der Waals surface area (Å²) in [5.41, 5.74) is 5.94. The second-order valence-corrected chi connectivity index (χ2v) is 3.84. The van der Waals surface area contributed by atoms with E-state index in [1.165, 1.54) is 12.1 Å². The van der Waals surface area contributed by atoms with Crippen LogP contribution in [0.25, 0.3) is 0 Å². The fourth-order valence-corrected chi connectivity index (χ4v) is 1.42. The second-order valence-electron chi connectivity index (χ2n) is 3.43. The highest BCUT2D eigenvalue weighted by Gasteiger charge is 2.27. The van der Waals surface area contributed by atoms with Crippen molar-refractivity contribution in [1.82, 2.24) is 0 Å². The minimum Gasteiger partial charge on any atom is -0.324 e. The van der Waals surface area contributed by atoms with Crippen molar-refractivity contribution in [3.05, 3.63) is 34.6 Å². The van der Waals surface area contributed by atoms with Gasteiger partial charge in [0.1, 0.15) is 5.82 Å². The van der Waals surface area contributed by atoms with Gasteiger partial charge in [0.15, 0.2) is 0 Å². The summed E-state index contributed by atoms with van der Waals surface area (Å²) in [6.07, 6.45) is -5.45. The lowest BCUT2D eigenvalue weighted by atomic mass is 10.0. The quantitative estimate of drug-likeness (QED) is 0.817. The van der Waals surface area contributed by atoms with E-state index < -0.39 is 24.5 Å². The molecule has 0 aliphatic rings. The van der Waals surface area contributed by atoms with Crippen molar-refractivity contribution in [1.29, 1.82) is 0 Å². The minimum atomic E-state index is -4.23. The molecule has 0 spiro atoms. The summed E-state index contributed by atoms with van der Waals surface area (Å²) >= 11 is 5.50. The molecule has 0 saturated carbocycles. The van der Waals surface area contributed by atoms with Crippen LogP contribution in [0.2, 0.25) is 5.02 Å². The molecule has 2 N–H and O–H groups in total. The van der Waals surface area contributed by atoms with Crippen molar-refractivity contribution in [3.8, 4) is 0 Å². The molecule has 1 atom stereocenters. The number of hydrogen-bond acceptors (Lipinski definition) is 1. The Labute approximate surface area is 95.2 Å². The van der Waals surface area contributed by atoms with E-state index in [0.717, 1.165) is 6.07 Å². The highest BCUT2D eigenvalue weighted by Crippen LogP contribution is 2.27. The summed E-state index contributed by atoms with van der Waals surface area (Å²) in [5.74, 6) is -0.617. The zero-order valence-electron chi connectivity index (χ0n) is 8.19. The molecular weight excluding hydrogens is 246 g/mol. The second kappa shape index (κ2) is 5.01. The van der Waals surface area contributed by atoms with Crippen LogP contribution in [0.1, 0.15) is 24.4 Å². The first-order chi connectivity index (χ1) is 7.29. The molecule has 0 amide bonds. The van der Waals surface area contributed by atoms with Crippen LogP contribution in [0.5, 0.6) is 0 Å². The first-order valence-electron chi connectivity index (χ1n) is 4.57. The summed E-state index contributed by atoms with van der Waals surface area (Å²) in [6, 6.07) is 2.88. The van der Waals surface area contributed by atoms with Crippen LogP contribution in [0.15, 0.2) is 18.2 Å². The highest BCUT2D eigenvalue weighted by molar-refractivity contribution is 6.30. The van der Waals surface area contributed by atoms with E-state index >= 15 is 0 Å². The standard InChI is InChI=1S/C10H10ClF4N/c11-7-5-6(1-2-8(7)12)9(16)3-4-10(13,14)15/h1-2,5,9H,3-4,16H2. The number of benzene rings is 1. The van der Waals surface area contributed by atoms with Gasteiger partial charge in [-0.25, -0.2) is 4.39 Å². The van der Waals surface area contributed by atoms with Gasteiger partial charge in [0.05, 0.1) is 5.02 Å².